The molecule has 6 nitrogen and oxygen atoms in total. The minimum Gasteiger partial charge on any atom is -0.353 e. The summed E-state index contributed by atoms with van der Waals surface area (Å²) < 4.78 is 0. The highest BCUT2D eigenvalue weighted by atomic mass is 16.2. The van der Waals surface area contributed by atoms with Crippen LogP contribution in [0.5, 0.6) is 0 Å². The molecule has 2 atom stereocenters. The number of nitrogens with zero attached hydrogens (tertiary/aromatic N) is 1. The van der Waals surface area contributed by atoms with Gasteiger partial charge in [0.15, 0.2) is 5.82 Å². The number of nitrogens with one attached hydrogen (secondary N) is 3. The van der Waals surface area contributed by atoms with Gasteiger partial charge in [0.2, 0.25) is 11.8 Å². The standard InChI is InChI=1S/C24H26N4O2/c29-23(13-17-6-3-5-15-4-1-2-7-20(15)17)26-22-14-21(27-28-22)18-10-11-19(12-18)25-24(30)16-8-9-16/h1-7,14,16,18-19H,8-13H2,(H,25,30)(H2,26,27,28,29). The topological polar surface area (TPSA) is 86.9 Å². The van der Waals surface area contributed by atoms with E-state index in [-0.39, 0.29) is 23.8 Å². The predicted molar refractivity (Wildman–Crippen MR) is 116 cm³/mol. The molecule has 0 aliphatic heterocycles. The first-order chi connectivity index (χ1) is 14.7. The molecule has 5 rings (SSSR count). The van der Waals surface area contributed by atoms with E-state index in [0.29, 0.717) is 18.2 Å². The van der Waals surface area contributed by atoms with Gasteiger partial charge in [-0.25, -0.2) is 0 Å². The molecule has 0 saturated heterocycles. The van der Waals surface area contributed by atoms with Crippen LogP contribution in [-0.2, 0) is 16.0 Å². The van der Waals surface area contributed by atoms with Crippen molar-refractivity contribution >= 4 is 28.4 Å². The molecule has 30 heavy (non-hydrogen) atoms. The molecular weight excluding hydrogens is 376 g/mol. The molecule has 154 valence electrons. The van der Waals surface area contributed by atoms with Gasteiger partial charge in [-0.05, 0) is 48.4 Å². The largest absolute Gasteiger partial charge is 0.353 e. The average molecular weight is 402 g/mol. The van der Waals surface area contributed by atoms with E-state index in [2.05, 4.69) is 33.0 Å². The van der Waals surface area contributed by atoms with Crippen LogP contribution in [0.2, 0.25) is 0 Å². The van der Waals surface area contributed by atoms with E-state index in [4.69, 9.17) is 0 Å². The number of aromatic nitrogens is 2. The fourth-order valence-electron chi connectivity index (χ4n) is 4.48. The van der Waals surface area contributed by atoms with Crippen LogP contribution in [0.25, 0.3) is 10.8 Å². The van der Waals surface area contributed by atoms with Crippen molar-refractivity contribution in [2.75, 3.05) is 5.32 Å². The van der Waals surface area contributed by atoms with Crippen LogP contribution in [0.15, 0.2) is 48.5 Å². The minimum atomic E-state index is -0.0783. The van der Waals surface area contributed by atoms with Crippen molar-refractivity contribution in [2.24, 2.45) is 5.92 Å². The molecule has 2 aliphatic carbocycles. The summed E-state index contributed by atoms with van der Waals surface area (Å²) in [6, 6.07) is 16.3. The molecule has 0 bridgehead atoms. The monoisotopic (exact) mass is 402 g/mol. The van der Waals surface area contributed by atoms with E-state index < -0.39 is 0 Å². The lowest BCUT2D eigenvalue weighted by molar-refractivity contribution is -0.123. The van der Waals surface area contributed by atoms with Crippen molar-refractivity contribution in [3.63, 3.8) is 0 Å². The predicted octanol–water partition coefficient (Wildman–Crippen LogP) is 3.91. The molecule has 0 radical (unpaired) electrons. The first kappa shape index (κ1) is 18.9. The smallest absolute Gasteiger partial charge is 0.230 e. The lowest BCUT2D eigenvalue weighted by atomic mass is 10.0. The minimum absolute atomic E-state index is 0.0783. The number of amides is 2. The summed E-state index contributed by atoms with van der Waals surface area (Å²) in [5.41, 5.74) is 2.03. The van der Waals surface area contributed by atoms with E-state index >= 15 is 0 Å². The van der Waals surface area contributed by atoms with Crippen molar-refractivity contribution in [3.05, 3.63) is 59.8 Å². The Hall–Kier alpha value is -3.15. The average Bonchev–Trinajstić information content (AvgIpc) is 3.34. The SMILES string of the molecule is O=C(Cc1cccc2ccccc12)Nc1cc(C2CCC(NC(=O)C3CC3)C2)[nH]n1. The van der Waals surface area contributed by atoms with Gasteiger partial charge in [0.1, 0.15) is 0 Å². The lowest BCUT2D eigenvalue weighted by Gasteiger charge is -2.12. The highest BCUT2D eigenvalue weighted by molar-refractivity contribution is 5.95. The molecule has 3 aromatic rings. The normalized spacial score (nSPS) is 20.9. The number of fused-ring (bicyclic) bond motifs is 1. The van der Waals surface area contributed by atoms with Gasteiger partial charge in [0.25, 0.3) is 0 Å². The zero-order valence-corrected chi connectivity index (χ0v) is 16.9. The second-order valence-corrected chi connectivity index (χ2v) is 8.56. The second kappa shape index (κ2) is 7.94. The van der Waals surface area contributed by atoms with Crippen molar-refractivity contribution < 1.29 is 9.59 Å². The summed E-state index contributed by atoms with van der Waals surface area (Å²) in [7, 11) is 0. The fourth-order valence-corrected chi connectivity index (χ4v) is 4.48. The Kier molecular flexibility index (Phi) is 4.99. The molecule has 1 aromatic heterocycles. The van der Waals surface area contributed by atoms with Gasteiger partial charge in [-0.1, -0.05) is 42.5 Å². The fraction of sp³-hybridized carbons (Fsp3) is 0.375. The maximum absolute atomic E-state index is 12.6. The molecule has 2 saturated carbocycles. The second-order valence-electron chi connectivity index (χ2n) is 8.56. The van der Waals surface area contributed by atoms with Gasteiger partial charge in [0, 0.05) is 29.6 Å². The van der Waals surface area contributed by atoms with Crippen LogP contribution in [0.3, 0.4) is 0 Å². The van der Waals surface area contributed by atoms with Crippen molar-refractivity contribution in [1.82, 2.24) is 15.5 Å². The molecule has 1 heterocycles. The molecule has 2 aliphatic rings. The van der Waals surface area contributed by atoms with Crippen molar-refractivity contribution in [2.45, 2.75) is 50.5 Å². The van der Waals surface area contributed by atoms with Crippen LogP contribution in [0.1, 0.15) is 49.3 Å². The summed E-state index contributed by atoms with van der Waals surface area (Å²) in [5, 5.41) is 15.7. The number of aromatic amines is 1. The number of benzene rings is 2. The van der Waals surface area contributed by atoms with E-state index in [1.54, 1.807) is 0 Å². The number of rotatable bonds is 6. The molecule has 3 N–H and O–H groups in total. The van der Waals surface area contributed by atoms with Crippen LogP contribution >= 0.6 is 0 Å². The molecule has 2 amide bonds. The summed E-state index contributed by atoms with van der Waals surface area (Å²) in [5.74, 6) is 1.28. The van der Waals surface area contributed by atoms with Gasteiger partial charge < -0.3 is 10.6 Å². The summed E-state index contributed by atoms with van der Waals surface area (Å²) in [6.07, 6.45) is 5.30. The highest BCUT2D eigenvalue weighted by Gasteiger charge is 2.34. The number of H-pyrrole nitrogens is 1. The van der Waals surface area contributed by atoms with E-state index in [9.17, 15) is 9.59 Å². The maximum atomic E-state index is 12.6. The lowest BCUT2D eigenvalue weighted by Crippen LogP contribution is -2.33. The summed E-state index contributed by atoms with van der Waals surface area (Å²) in [4.78, 5) is 24.6. The number of carbonyl (C=O) groups excluding carboxylic acids is 2. The molecule has 2 unspecified atom stereocenters. The van der Waals surface area contributed by atoms with Gasteiger partial charge in [-0.3, -0.25) is 14.7 Å². The Labute approximate surface area is 175 Å². The molecule has 2 aromatic carbocycles. The quantitative estimate of drug-likeness (QED) is 0.584. The third kappa shape index (κ3) is 4.08. The highest BCUT2D eigenvalue weighted by Crippen LogP contribution is 2.35. The number of carbonyl (C=O) groups is 2. The van der Waals surface area contributed by atoms with Crippen molar-refractivity contribution in [3.8, 4) is 0 Å². The Morgan fingerprint density at radius 2 is 1.87 bits per heavy atom. The number of anilines is 1. The van der Waals surface area contributed by atoms with Crippen LogP contribution in [0.4, 0.5) is 5.82 Å². The molecule has 2 fully saturated rings. The third-order valence-electron chi connectivity index (χ3n) is 6.26. The zero-order valence-electron chi connectivity index (χ0n) is 16.9. The molecule has 6 heteroatoms. The zero-order chi connectivity index (χ0) is 20.5. The molecular formula is C24H26N4O2. The summed E-state index contributed by atoms with van der Waals surface area (Å²) in [6.45, 7) is 0. The first-order valence-corrected chi connectivity index (χ1v) is 10.8. The van der Waals surface area contributed by atoms with Crippen molar-refractivity contribution in [1.29, 1.82) is 0 Å². The van der Waals surface area contributed by atoms with Crippen LogP contribution in [0, 0.1) is 5.92 Å². The van der Waals surface area contributed by atoms with Gasteiger partial charge in [0.05, 0.1) is 6.42 Å². The maximum Gasteiger partial charge on any atom is 0.230 e. The third-order valence-corrected chi connectivity index (χ3v) is 6.26. The number of hydrogen-bond acceptors (Lipinski definition) is 3. The Bertz CT molecular complexity index is 1080. The van der Waals surface area contributed by atoms with Gasteiger partial charge >= 0.3 is 0 Å². The number of hydrogen-bond donors (Lipinski definition) is 3. The van der Waals surface area contributed by atoms with E-state index in [1.165, 1.54) is 0 Å². The van der Waals surface area contributed by atoms with E-state index in [1.807, 2.05) is 36.4 Å². The Balaban J connectivity index is 1.18. The van der Waals surface area contributed by atoms with Gasteiger partial charge in [-0.2, -0.15) is 5.10 Å². The Morgan fingerprint density at radius 1 is 1.03 bits per heavy atom. The van der Waals surface area contributed by atoms with Crippen LogP contribution < -0.4 is 10.6 Å². The Morgan fingerprint density at radius 3 is 2.73 bits per heavy atom. The first-order valence-electron chi connectivity index (χ1n) is 10.8. The summed E-state index contributed by atoms with van der Waals surface area (Å²) >= 11 is 0. The molecule has 0 spiro atoms. The van der Waals surface area contributed by atoms with E-state index in [0.717, 1.165) is 54.1 Å². The van der Waals surface area contributed by atoms with Crippen LogP contribution in [-0.4, -0.2) is 28.1 Å². The van der Waals surface area contributed by atoms with Gasteiger partial charge in [-0.15, -0.1) is 0 Å².